The molecule has 0 radical (unpaired) electrons. The van der Waals surface area contributed by atoms with Crippen LogP contribution in [0.3, 0.4) is 0 Å². The fourth-order valence-corrected chi connectivity index (χ4v) is 1.36. The van der Waals surface area contributed by atoms with Gasteiger partial charge < -0.3 is 0 Å². The normalized spacial score (nSPS) is 11.7. The van der Waals surface area contributed by atoms with Crippen molar-refractivity contribution < 1.29 is 0 Å². The lowest BCUT2D eigenvalue weighted by Crippen LogP contribution is -2.70. The van der Waals surface area contributed by atoms with E-state index in [1.807, 2.05) is 19.0 Å². The van der Waals surface area contributed by atoms with Crippen LogP contribution in [0.15, 0.2) is 0 Å². The zero-order valence-electron chi connectivity index (χ0n) is 23.7. The topological polar surface area (TPSA) is 510 Å². The minimum Gasteiger partial charge on any atom is -0.257 e. The molecule has 0 unspecified atom stereocenters. The Morgan fingerprint density at radius 1 is 0.289 bits per heavy atom. The Morgan fingerprint density at radius 3 is 0.600 bits per heavy atom. The second-order valence-corrected chi connectivity index (χ2v) is 6.02. The van der Waals surface area contributed by atoms with Gasteiger partial charge in [0.2, 0.25) is 0 Å². The maximum Gasteiger partial charge on any atom is 0.0113 e. The van der Waals surface area contributed by atoms with Crippen molar-refractivity contribution >= 4 is 0 Å². The highest BCUT2D eigenvalue weighted by molar-refractivity contribution is 4.28. The van der Waals surface area contributed by atoms with Crippen molar-refractivity contribution in [2.24, 2.45) is 5.84 Å². The van der Waals surface area contributed by atoms with E-state index in [1.165, 1.54) is 0 Å². The second-order valence-electron chi connectivity index (χ2n) is 6.02. The van der Waals surface area contributed by atoms with Crippen LogP contribution in [0.25, 0.3) is 0 Å². The van der Waals surface area contributed by atoms with Crippen LogP contribution in [0.5, 0.6) is 0 Å². The smallest absolute Gasteiger partial charge is 0.0113 e. The van der Waals surface area contributed by atoms with Crippen LogP contribution in [0.2, 0.25) is 0 Å². The molecule has 0 aliphatic rings. The molecule has 45 heavy (non-hydrogen) atoms. The molecule has 0 aromatic rings. The Hall–Kier alpha value is -1.68. The molecule has 42 heteroatoms. The van der Waals surface area contributed by atoms with Gasteiger partial charge in [-0.05, 0) is 0 Å². The molecule has 0 aromatic carbocycles. The first-order valence-electron chi connectivity index (χ1n) is 11.7. The first kappa shape index (κ1) is 43.3. The first-order chi connectivity index (χ1) is 22.3. The maximum atomic E-state index is 4.94. The largest absolute Gasteiger partial charge is 0.257 e. The minimum absolute atomic E-state index is 0.822. The lowest BCUT2D eigenvalue weighted by atomic mass is 10.7. The number of nitrogens with one attached hydrogen (secondary N) is 40. The molecule has 0 amide bonds. The summed E-state index contributed by atoms with van der Waals surface area (Å²) in [6.07, 6.45) is 0. The summed E-state index contributed by atoms with van der Waals surface area (Å²) in [5.74, 6) is 4.94. The number of hydrazine groups is 41. The van der Waals surface area contributed by atoms with E-state index in [9.17, 15) is 0 Å². The Morgan fingerprint density at radius 2 is 0.444 bits per heavy atom. The van der Waals surface area contributed by atoms with Gasteiger partial charge in [-0.1, -0.05) is 6.92 Å². The molecule has 0 aromatic heterocycles. The summed E-state index contributed by atoms with van der Waals surface area (Å²) in [5, 5.41) is 1.81. The molecule has 0 bridgehead atoms. The first-order valence-corrected chi connectivity index (χ1v) is 11.7. The van der Waals surface area contributed by atoms with Crippen LogP contribution in [-0.4, -0.2) is 18.6 Å². The van der Waals surface area contributed by atoms with Crippen LogP contribution in [0.1, 0.15) is 6.92 Å². The van der Waals surface area contributed by atoms with Crippen LogP contribution < -0.4 is 227 Å². The molecule has 272 valence electrons. The molecular formula is C3H50N42. The molecule has 0 saturated carbocycles. The van der Waals surface area contributed by atoms with Gasteiger partial charge >= 0.3 is 0 Å². The van der Waals surface area contributed by atoms with Crippen molar-refractivity contribution in [3.05, 3.63) is 0 Å². The molecule has 0 aliphatic carbocycles. The third-order valence-electron chi connectivity index (χ3n) is 3.11. The lowest BCUT2D eigenvalue weighted by molar-refractivity contribution is 0.148. The molecule has 0 fully saturated rings. The minimum atomic E-state index is 0.822. The summed E-state index contributed by atoms with van der Waals surface area (Å²) in [4.78, 5) is 0. The summed E-state index contributed by atoms with van der Waals surface area (Å²) in [5.41, 5.74) is 100. The highest BCUT2D eigenvalue weighted by Crippen LogP contribution is 1.64. The monoisotopic (exact) mass is 675 g/mol. The van der Waals surface area contributed by atoms with Gasteiger partial charge in [0.1, 0.15) is 0 Å². The van der Waals surface area contributed by atoms with E-state index in [0.29, 0.717) is 0 Å². The van der Waals surface area contributed by atoms with Crippen molar-refractivity contribution in [3.8, 4) is 0 Å². The SMILES string of the molecule is CCN(C)NNNNNNNNNNNNNNNNNNNNNNNNNNNNNNNNNNNNNNNNN. The molecule has 0 atom stereocenters. The van der Waals surface area contributed by atoms with Gasteiger partial charge in [0.15, 0.2) is 0 Å². The number of hydrogen-bond donors (Lipinski definition) is 41. The molecule has 0 spiro atoms. The van der Waals surface area contributed by atoms with E-state index in [2.05, 4.69) is 221 Å². The summed E-state index contributed by atoms with van der Waals surface area (Å²) in [6.45, 7) is 2.82. The van der Waals surface area contributed by atoms with Gasteiger partial charge in [0.25, 0.3) is 0 Å². The molecule has 42 N–H and O–H groups in total. The third-order valence-corrected chi connectivity index (χ3v) is 3.11. The van der Waals surface area contributed by atoms with Gasteiger partial charge in [-0.25, -0.2) is 5.01 Å². The molecule has 0 aliphatic heterocycles. The zero-order chi connectivity index (χ0) is 32.6. The number of nitrogens with zero attached hydrogens (tertiary/aromatic N) is 1. The number of hydrogen-bond acceptors (Lipinski definition) is 42. The van der Waals surface area contributed by atoms with E-state index >= 15 is 0 Å². The van der Waals surface area contributed by atoms with Crippen molar-refractivity contribution in [2.45, 2.75) is 6.92 Å². The predicted molar refractivity (Wildman–Crippen MR) is 148 cm³/mol. The molecule has 0 saturated heterocycles. The molecule has 42 nitrogen and oxygen atoms in total. The third kappa shape index (κ3) is 40.3. The van der Waals surface area contributed by atoms with Crippen molar-refractivity contribution in [2.75, 3.05) is 13.6 Å². The summed E-state index contributed by atoms with van der Waals surface area (Å²) < 4.78 is 0. The van der Waals surface area contributed by atoms with E-state index in [4.69, 9.17) is 5.84 Å². The van der Waals surface area contributed by atoms with E-state index in [0.717, 1.165) is 6.54 Å². The van der Waals surface area contributed by atoms with Gasteiger partial charge in [-0.2, -0.15) is 221 Å². The van der Waals surface area contributed by atoms with E-state index in [1.54, 1.807) is 0 Å². The summed E-state index contributed by atoms with van der Waals surface area (Å²) in [6, 6.07) is 0. The summed E-state index contributed by atoms with van der Waals surface area (Å²) >= 11 is 0. The fourth-order valence-electron chi connectivity index (χ4n) is 1.36. The van der Waals surface area contributed by atoms with Gasteiger partial charge in [0.05, 0.1) is 0 Å². The number of nitrogens with two attached hydrogens (primary N) is 1. The average molecular weight is 675 g/mol. The van der Waals surface area contributed by atoms with Crippen LogP contribution in [0.4, 0.5) is 0 Å². The van der Waals surface area contributed by atoms with Crippen LogP contribution >= 0.6 is 0 Å². The van der Waals surface area contributed by atoms with E-state index in [-0.39, 0.29) is 0 Å². The zero-order valence-corrected chi connectivity index (χ0v) is 23.7. The highest BCUT2D eigenvalue weighted by atomic mass is 16.0. The Kier molecular flexibility index (Phi) is 38.8. The second kappa shape index (κ2) is 40.3. The average Bonchev–Trinajstić information content (AvgIpc) is 3.05. The van der Waals surface area contributed by atoms with E-state index < -0.39 is 0 Å². The lowest BCUT2D eigenvalue weighted by Gasteiger charge is -2.18. The summed E-state index contributed by atoms with van der Waals surface area (Å²) in [7, 11) is 1.87. The molecular weight excluding hydrogens is 624 g/mol. The van der Waals surface area contributed by atoms with Gasteiger partial charge in [-0.15, -0.1) is 0 Å². The Balaban J connectivity index is 3.04. The van der Waals surface area contributed by atoms with Crippen LogP contribution in [0, 0.1) is 0 Å². The van der Waals surface area contributed by atoms with Crippen molar-refractivity contribution in [1.29, 1.82) is 0 Å². The van der Waals surface area contributed by atoms with Crippen LogP contribution in [-0.2, 0) is 0 Å². The van der Waals surface area contributed by atoms with Crippen molar-refractivity contribution in [3.63, 3.8) is 0 Å². The van der Waals surface area contributed by atoms with Gasteiger partial charge in [-0.3, -0.25) is 5.84 Å². The molecule has 0 heterocycles. The molecule has 0 rings (SSSR count). The standard InChI is InChI=1S/C3H50N42/c1-3-45(2)44-43-42-41-40-39-38-37-36-35-34-33-32-31-30-29-28-27-26-25-24-23-22-21-20-19-18-17-16-15-14-13-12-11-10-9-8-7-6-5-4/h5-44H,3-4H2,1-2H3. The fraction of sp³-hybridized carbons (Fsp3) is 1.00. The predicted octanol–water partition coefficient (Wildman–Crippen LogP) is -20.0. The quantitative estimate of drug-likeness (QED) is 0.0162. The Labute approximate surface area is 253 Å². The highest BCUT2D eigenvalue weighted by Gasteiger charge is 1.89. The van der Waals surface area contributed by atoms with Crippen molar-refractivity contribution in [1.82, 2.24) is 226 Å². The van der Waals surface area contributed by atoms with Gasteiger partial charge in [0, 0.05) is 13.6 Å². The maximum absolute atomic E-state index is 4.94. The number of rotatable bonds is 41. The Bertz CT molecular complexity index is 496.